The summed E-state index contributed by atoms with van der Waals surface area (Å²) in [7, 11) is -3.80. The third-order valence-electron chi connectivity index (χ3n) is 6.59. The molecule has 174 valence electrons. The molecule has 0 saturated carbocycles. The molecule has 1 N–H and O–H groups in total. The Bertz CT molecular complexity index is 1270. The highest BCUT2D eigenvalue weighted by atomic mass is 35.5. The molecule has 1 amide bonds. The first kappa shape index (κ1) is 22.3. The van der Waals surface area contributed by atoms with Crippen molar-refractivity contribution in [3.8, 4) is 0 Å². The van der Waals surface area contributed by atoms with E-state index in [1.165, 1.54) is 10.4 Å². The molecule has 0 unspecified atom stereocenters. The van der Waals surface area contributed by atoms with Gasteiger partial charge in [0.2, 0.25) is 15.9 Å². The summed E-state index contributed by atoms with van der Waals surface area (Å²) in [6, 6.07) is 11.1. The molecular weight excluding hydrogens is 467 g/mol. The molecule has 0 aliphatic carbocycles. The number of fused-ring (bicyclic) bond motifs is 1. The monoisotopic (exact) mass is 490 g/mol. The van der Waals surface area contributed by atoms with Gasteiger partial charge in [0.15, 0.2) is 0 Å². The van der Waals surface area contributed by atoms with E-state index in [9.17, 15) is 17.6 Å². The minimum absolute atomic E-state index is 0.0387. The molecule has 2 aliphatic rings. The summed E-state index contributed by atoms with van der Waals surface area (Å²) in [5.41, 5.74) is 1.83. The molecule has 2 saturated heterocycles. The molecule has 0 bridgehead atoms. The van der Waals surface area contributed by atoms with Crippen LogP contribution in [0.5, 0.6) is 0 Å². The molecule has 2 aromatic carbocycles. The van der Waals surface area contributed by atoms with Crippen molar-refractivity contribution in [1.29, 1.82) is 0 Å². The standard InChI is InChI=1S/C23H24ClFN4O3S/c24-17-14-16(7-8-18(17)25)33(31,32)28-12-9-15(10-13-28)23(30)29-11-3-6-21(29)22-26-19-4-1-2-5-20(19)27-22/h1-2,4-5,7-8,14-15,21H,3,6,9-13H2,(H,26,27)/t21-/m0/s1. The lowest BCUT2D eigenvalue weighted by atomic mass is 9.96. The van der Waals surface area contributed by atoms with Crippen LogP contribution in [-0.2, 0) is 14.8 Å². The van der Waals surface area contributed by atoms with E-state index in [1.54, 1.807) is 0 Å². The minimum atomic E-state index is -3.80. The fourth-order valence-corrected chi connectivity index (χ4v) is 6.55. The van der Waals surface area contributed by atoms with Gasteiger partial charge in [0.05, 0.1) is 27.0 Å². The lowest BCUT2D eigenvalue weighted by Crippen LogP contribution is -2.44. The Kier molecular flexibility index (Phi) is 5.88. The van der Waals surface area contributed by atoms with Gasteiger partial charge < -0.3 is 9.88 Å². The normalized spacial score (nSPS) is 20.5. The number of amides is 1. The van der Waals surface area contributed by atoms with Crippen molar-refractivity contribution < 1.29 is 17.6 Å². The van der Waals surface area contributed by atoms with Crippen molar-refractivity contribution in [2.24, 2.45) is 5.92 Å². The number of carbonyl (C=O) groups is 1. The first-order chi connectivity index (χ1) is 15.8. The molecule has 1 aromatic heterocycles. The zero-order valence-electron chi connectivity index (χ0n) is 17.9. The van der Waals surface area contributed by atoms with Crippen molar-refractivity contribution in [3.05, 3.63) is 59.1 Å². The number of H-pyrrole nitrogens is 1. The highest BCUT2D eigenvalue weighted by Gasteiger charge is 2.38. The molecule has 3 heterocycles. The second kappa shape index (κ2) is 8.70. The lowest BCUT2D eigenvalue weighted by molar-refractivity contribution is -0.137. The number of nitrogens with zero attached hydrogens (tertiary/aromatic N) is 3. The summed E-state index contributed by atoms with van der Waals surface area (Å²) in [6.45, 7) is 1.14. The van der Waals surface area contributed by atoms with Gasteiger partial charge in [-0.25, -0.2) is 17.8 Å². The van der Waals surface area contributed by atoms with E-state index in [-0.39, 0.29) is 40.9 Å². The van der Waals surface area contributed by atoms with Crippen LogP contribution in [0, 0.1) is 11.7 Å². The van der Waals surface area contributed by atoms with Crippen molar-refractivity contribution in [2.75, 3.05) is 19.6 Å². The van der Waals surface area contributed by atoms with Gasteiger partial charge >= 0.3 is 0 Å². The van der Waals surface area contributed by atoms with Crippen LogP contribution in [-0.4, -0.2) is 53.1 Å². The molecule has 0 radical (unpaired) electrons. The van der Waals surface area contributed by atoms with Crippen molar-refractivity contribution >= 4 is 38.6 Å². The summed E-state index contributed by atoms with van der Waals surface area (Å²) in [5, 5.41) is -0.230. The number of likely N-dealkylation sites (tertiary alicyclic amines) is 1. The lowest BCUT2D eigenvalue weighted by Gasteiger charge is -2.34. The fraction of sp³-hybridized carbons (Fsp3) is 0.391. The summed E-state index contributed by atoms with van der Waals surface area (Å²) in [6.07, 6.45) is 2.64. The topological polar surface area (TPSA) is 86.4 Å². The second-order valence-electron chi connectivity index (χ2n) is 8.58. The average molecular weight is 491 g/mol. The molecule has 5 rings (SSSR count). The van der Waals surface area contributed by atoms with Crippen LogP contribution in [0.4, 0.5) is 4.39 Å². The van der Waals surface area contributed by atoms with Crippen molar-refractivity contribution in [1.82, 2.24) is 19.2 Å². The highest BCUT2D eigenvalue weighted by molar-refractivity contribution is 7.89. The summed E-state index contributed by atoms with van der Waals surface area (Å²) in [4.78, 5) is 23.3. The Morgan fingerprint density at radius 3 is 2.58 bits per heavy atom. The largest absolute Gasteiger partial charge is 0.340 e. The summed E-state index contributed by atoms with van der Waals surface area (Å²) in [5.74, 6) is -0.0436. The van der Waals surface area contributed by atoms with E-state index < -0.39 is 15.8 Å². The van der Waals surface area contributed by atoms with Crippen LogP contribution < -0.4 is 0 Å². The Morgan fingerprint density at radius 2 is 1.85 bits per heavy atom. The molecule has 33 heavy (non-hydrogen) atoms. The number of aromatic amines is 1. The molecule has 2 aliphatic heterocycles. The molecule has 10 heteroatoms. The number of rotatable bonds is 4. The maximum atomic E-state index is 13.4. The Balaban J connectivity index is 1.27. The molecule has 3 aromatic rings. The zero-order chi connectivity index (χ0) is 23.2. The number of sulfonamides is 1. The number of piperidine rings is 1. The third-order valence-corrected chi connectivity index (χ3v) is 8.78. The number of nitrogens with one attached hydrogen (secondary N) is 1. The number of hydrogen-bond acceptors (Lipinski definition) is 4. The molecular formula is C23H24ClFN4O3S. The molecule has 0 spiro atoms. The van der Waals surface area contributed by atoms with Gasteiger partial charge in [0.1, 0.15) is 11.6 Å². The first-order valence-electron chi connectivity index (χ1n) is 11.0. The van der Waals surface area contributed by atoms with Crippen LogP contribution in [0.2, 0.25) is 5.02 Å². The molecule has 7 nitrogen and oxygen atoms in total. The van der Waals surface area contributed by atoms with E-state index in [0.717, 1.165) is 41.8 Å². The maximum absolute atomic E-state index is 13.4. The van der Waals surface area contributed by atoms with Gasteiger partial charge in [-0.1, -0.05) is 23.7 Å². The number of para-hydroxylation sites is 2. The van der Waals surface area contributed by atoms with Crippen molar-refractivity contribution in [3.63, 3.8) is 0 Å². The quantitative estimate of drug-likeness (QED) is 0.596. The fourth-order valence-electron chi connectivity index (χ4n) is 4.81. The number of aromatic nitrogens is 2. The van der Waals surface area contributed by atoms with Gasteiger partial charge in [-0.15, -0.1) is 0 Å². The second-order valence-corrected chi connectivity index (χ2v) is 10.9. The SMILES string of the molecule is O=C(C1CCN(S(=O)(=O)c2ccc(F)c(Cl)c2)CC1)N1CCC[C@H]1c1nc2ccccc2[nH]1. The number of carbonyl (C=O) groups excluding carboxylic acids is 1. The molecule has 1 atom stereocenters. The highest BCUT2D eigenvalue weighted by Crippen LogP contribution is 2.35. The third kappa shape index (κ3) is 4.13. The molecule has 2 fully saturated rings. The number of imidazole rings is 1. The number of hydrogen-bond donors (Lipinski definition) is 1. The van der Waals surface area contributed by atoms with E-state index in [4.69, 9.17) is 11.6 Å². The predicted octanol–water partition coefficient (Wildman–Crippen LogP) is 4.12. The summed E-state index contributed by atoms with van der Waals surface area (Å²) < 4.78 is 40.7. The van der Waals surface area contributed by atoms with Crippen LogP contribution >= 0.6 is 11.6 Å². The van der Waals surface area contributed by atoms with Crippen molar-refractivity contribution in [2.45, 2.75) is 36.6 Å². The van der Waals surface area contributed by atoms with Gasteiger partial charge in [-0.2, -0.15) is 4.31 Å². The van der Waals surface area contributed by atoms with E-state index in [0.29, 0.717) is 19.4 Å². The van der Waals surface area contributed by atoms with Gasteiger partial charge in [-0.3, -0.25) is 4.79 Å². The van der Waals surface area contributed by atoms with E-state index in [1.807, 2.05) is 29.2 Å². The average Bonchev–Trinajstić information content (AvgIpc) is 3.47. The van der Waals surface area contributed by atoms with Gasteiger partial charge in [0, 0.05) is 25.6 Å². The van der Waals surface area contributed by atoms with E-state index in [2.05, 4.69) is 9.97 Å². The first-order valence-corrected chi connectivity index (χ1v) is 12.9. The van der Waals surface area contributed by atoms with E-state index >= 15 is 0 Å². The number of benzene rings is 2. The Morgan fingerprint density at radius 1 is 1.09 bits per heavy atom. The predicted molar refractivity (Wildman–Crippen MR) is 123 cm³/mol. The number of halogens is 2. The smallest absolute Gasteiger partial charge is 0.243 e. The van der Waals surface area contributed by atoms with Crippen LogP contribution in [0.1, 0.15) is 37.5 Å². The van der Waals surface area contributed by atoms with Gasteiger partial charge in [-0.05, 0) is 56.0 Å². The van der Waals surface area contributed by atoms with Gasteiger partial charge in [0.25, 0.3) is 0 Å². The minimum Gasteiger partial charge on any atom is -0.340 e. The summed E-state index contributed by atoms with van der Waals surface area (Å²) >= 11 is 5.77. The Labute approximate surface area is 196 Å². The van der Waals surface area contributed by atoms with Crippen LogP contribution in [0.15, 0.2) is 47.4 Å². The van der Waals surface area contributed by atoms with Crippen LogP contribution in [0.3, 0.4) is 0 Å². The van der Waals surface area contributed by atoms with Crippen LogP contribution in [0.25, 0.3) is 11.0 Å². The zero-order valence-corrected chi connectivity index (χ0v) is 19.4. The maximum Gasteiger partial charge on any atom is 0.243 e. The Hall–Kier alpha value is -2.49.